The molecule has 1 unspecified atom stereocenters. The number of hydrogen-bond donors (Lipinski definition) is 3. The Morgan fingerprint density at radius 2 is 1.97 bits per heavy atom. The number of hydrogen-bond acceptors (Lipinski definition) is 5. The van der Waals surface area contributed by atoms with Crippen LogP contribution in [0.3, 0.4) is 0 Å². The van der Waals surface area contributed by atoms with E-state index in [1.54, 1.807) is 36.4 Å². The van der Waals surface area contributed by atoms with E-state index < -0.39 is 15.3 Å². The molecule has 0 spiro atoms. The first kappa shape index (κ1) is 22.4. The monoisotopic (exact) mass is 465 g/mol. The summed E-state index contributed by atoms with van der Waals surface area (Å²) in [5.74, 6) is -0.734. The van der Waals surface area contributed by atoms with Crippen molar-refractivity contribution in [3.63, 3.8) is 0 Å². The minimum atomic E-state index is -3.45. The first-order chi connectivity index (χ1) is 14.3. The smallest absolute Gasteiger partial charge is 0.238 e. The molecule has 0 bridgehead atoms. The predicted molar refractivity (Wildman–Crippen MR) is 120 cm³/mol. The number of sulfonamides is 1. The van der Waals surface area contributed by atoms with Crippen LogP contribution in [0.15, 0.2) is 60.0 Å². The second-order valence-corrected chi connectivity index (χ2v) is 10.1. The van der Waals surface area contributed by atoms with E-state index in [4.69, 9.17) is 11.6 Å². The number of fused-ring (bicyclic) bond motifs is 1. The number of carbonyl (C=O) groups is 2. The van der Waals surface area contributed by atoms with Crippen LogP contribution in [0.4, 0.5) is 11.4 Å². The minimum Gasteiger partial charge on any atom is -0.326 e. The zero-order chi connectivity index (χ0) is 21.7. The van der Waals surface area contributed by atoms with Gasteiger partial charge in [0.05, 0.1) is 16.7 Å². The van der Waals surface area contributed by atoms with Gasteiger partial charge in [-0.2, -0.15) is 0 Å². The van der Waals surface area contributed by atoms with Gasteiger partial charge in [-0.3, -0.25) is 9.59 Å². The summed E-state index contributed by atoms with van der Waals surface area (Å²) in [6.07, 6.45) is 1.47. The van der Waals surface area contributed by atoms with Gasteiger partial charge in [0.2, 0.25) is 21.8 Å². The van der Waals surface area contributed by atoms with Crippen molar-refractivity contribution < 1.29 is 18.0 Å². The SMILES string of the molecule is C=CCNS(=O)(=O)Cc1ccc(NC(=O)CC2Sc3ccc(Cl)cc3NC2=O)cc1. The second-order valence-electron chi connectivity index (χ2n) is 6.58. The fourth-order valence-corrected chi connectivity index (χ4v) is 5.15. The molecule has 1 aliphatic rings. The lowest BCUT2D eigenvalue weighted by Crippen LogP contribution is -2.32. The van der Waals surface area contributed by atoms with Gasteiger partial charge < -0.3 is 10.6 Å². The van der Waals surface area contributed by atoms with Gasteiger partial charge in [-0.15, -0.1) is 18.3 Å². The van der Waals surface area contributed by atoms with Crippen molar-refractivity contribution >= 4 is 56.6 Å². The van der Waals surface area contributed by atoms with Crippen LogP contribution in [-0.2, 0) is 25.4 Å². The van der Waals surface area contributed by atoms with Gasteiger partial charge in [0.25, 0.3) is 0 Å². The number of carbonyl (C=O) groups excluding carboxylic acids is 2. The number of anilines is 2. The normalized spacial score (nSPS) is 15.8. The summed E-state index contributed by atoms with van der Waals surface area (Å²) in [6, 6.07) is 11.7. The molecule has 7 nitrogen and oxygen atoms in total. The Bertz CT molecular complexity index is 1070. The minimum absolute atomic E-state index is 0.000169. The lowest BCUT2D eigenvalue weighted by Gasteiger charge is -2.23. The molecule has 1 heterocycles. The molecule has 3 N–H and O–H groups in total. The zero-order valence-corrected chi connectivity index (χ0v) is 18.2. The highest BCUT2D eigenvalue weighted by molar-refractivity contribution is 8.01. The highest BCUT2D eigenvalue weighted by atomic mass is 35.5. The van der Waals surface area contributed by atoms with E-state index in [1.165, 1.54) is 17.8 Å². The second kappa shape index (κ2) is 9.65. The van der Waals surface area contributed by atoms with E-state index in [1.807, 2.05) is 6.07 Å². The van der Waals surface area contributed by atoms with Crippen LogP contribution in [0.2, 0.25) is 5.02 Å². The third-order valence-electron chi connectivity index (χ3n) is 4.17. The predicted octanol–water partition coefficient (Wildman–Crippen LogP) is 3.39. The molecular formula is C20H20ClN3O4S2. The number of thioether (sulfide) groups is 1. The third-order valence-corrected chi connectivity index (χ3v) is 7.00. The summed E-state index contributed by atoms with van der Waals surface area (Å²) >= 11 is 7.25. The summed E-state index contributed by atoms with van der Waals surface area (Å²) in [7, 11) is -3.45. The highest BCUT2D eigenvalue weighted by Crippen LogP contribution is 2.38. The van der Waals surface area contributed by atoms with Gasteiger partial charge in [-0.1, -0.05) is 29.8 Å². The number of halogens is 1. The molecule has 0 fully saturated rings. The largest absolute Gasteiger partial charge is 0.326 e. The third kappa shape index (κ3) is 6.09. The highest BCUT2D eigenvalue weighted by Gasteiger charge is 2.29. The van der Waals surface area contributed by atoms with Crippen LogP contribution in [0.25, 0.3) is 0 Å². The van der Waals surface area contributed by atoms with Gasteiger partial charge in [-0.05, 0) is 35.9 Å². The molecule has 0 aromatic heterocycles. The summed E-state index contributed by atoms with van der Waals surface area (Å²) in [6.45, 7) is 3.64. The number of rotatable bonds is 8. The van der Waals surface area contributed by atoms with E-state index in [9.17, 15) is 18.0 Å². The fraction of sp³-hybridized carbons (Fsp3) is 0.200. The van der Waals surface area contributed by atoms with E-state index in [-0.39, 0.29) is 30.5 Å². The Hall–Kier alpha value is -2.33. The molecule has 1 atom stereocenters. The summed E-state index contributed by atoms with van der Waals surface area (Å²) in [5.41, 5.74) is 1.75. The Morgan fingerprint density at radius 3 is 2.67 bits per heavy atom. The Morgan fingerprint density at radius 1 is 1.23 bits per heavy atom. The number of benzene rings is 2. The molecule has 10 heteroatoms. The number of nitrogens with one attached hydrogen (secondary N) is 3. The van der Waals surface area contributed by atoms with Gasteiger partial charge in [0, 0.05) is 28.6 Å². The van der Waals surface area contributed by atoms with Crippen molar-refractivity contribution in [1.29, 1.82) is 0 Å². The molecule has 158 valence electrons. The van der Waals surface area contributed by atoms with Crippen molar-refractivity contribution in [2.75, 3.05) is 17.2 Å². The van der Waals surface area contributed by atoms with Crippen molar-refractivity contribution in [2.45, 2.75) is 22.3 Å². The molecule has 0 aliphatic carbocycles. The lowest BCUT2D eigenvalue weighted by molar-refractivity contribution is -0.120. The van der Waals surface area contributed by atoms with Gasteiger partial charge in [0.15, 0.2) is 0 Å². The molecule has 2 amide bonds. The van der Waals surface area contributed by atoms with Crippen molar-refractivity contribution in [1.82, 2.24) is 4.72 Å². The molecule has 0 radical (unpaired) electrons. The van der Waals surface area contributed by atoms with Crippen LogP contribution in [-0.4, -0.2) is 32.0 Å². The first-order valence-electron chi connectivity index (χ1n) is 9.00. The molecule has 3 rings (SSSR count). The topological polar surface area (TPSA) is 104 Å². The van der Waals surface area contributed by atoms with E-state index in [2.05, 4.69) is 21.9 Å². The number of amides is 2. The van der Waals surface area contributed by atoms with Gasteiger partial charge >= 0.3 is 0 Å². The van der Waals surface area contributed by atoms with E-state index >= 15 is 0 Å². The summed E-state index contributed by atoms with van der Waals surface area (Å²) in [4.78, 5) is 25.5. The zero-order valence-electron chi connectivity index (χ0n) is 15.9. The van der Waals surface area contributed by atoms with Crippen LogP contribution in [0.5, 0.6) is 0 Å². The van der Waals surface area contributed by atoms with Crippen LogP contribution in [0, 0.1) is 0 Å². The quantitative estimate of drug-likeness (QED) is 0.518. The molecular weight excluding hydrogens is 446 g/mol. The van der Waals surface area contributed by atoms with Crippen molar-refractivity contribution in [3.8, 4) is 0 Å². The van der Waals surface area contributed by atoms with Crippen molar-refractivity contribution in [2.24, 2.45) is 0 Å². The fourth-order valence-electron chi connectivity index (χ4n) is 2.78. The van der Waals surface area contributed by atoms with Gasteiger partial charge in [0.1, 0.15) is 0 Å². The Kier molecular flexibility index (Phi) is 7.19. The van der Waals surface area contributed by atoms with Crippen LogP contribution in [0.1, 0.15) is 12.0 Å². The maximum Gasteiger partial charge on any atom is 0.238 e. The summed E-state index contributed by atoms with van der Waals surface area (Å²) < 4.78 is 26.2. The van der Waals surface area contributed by atoms with Gasteiger partial charge in [-0.25, -0.2) is 13.1 Å². The Labute approximate surface area is 184 Å². The first-order valence-corrected chi connectivity index (χ1v) is 11.9. The van der Waals surface area contributed by atoms with Crippen molar-refractivity contribution in [3.05, 3.63) is 65.7 Å². The average Bonchev–Trinajstić information content (AvgIpc) is 2.68. The molecule has 2 aromatic carbocycles. The maximum atomic E-state index is 12.4. The van der Waals surface area contributed by atoms with E-state index in [0.717, 1.165) is 4.90 Å². The molecule has 2 aromatic rings. The van der Waals surface area contributed by atoms with Crippen LogP contribution >= 0.6 is 23.4 Å². The molecule has 1 aliphatic heterocycles. The standard InChI is InChI=1S/C20H20ClN3O4S2/c1-2-9-22-30(27,28)12-13-3-6-15(7-4-13)23-19(25)11-18-20(26)24-16-10-14(21)5-8-17(16)29-18/h2-8,10,18,22H,1,9,11-12H2,(H,23,25)(H,24,26). The lowest BCUT2D eigenvalue weighted by atomic mass is 10.2. The molecule has 0 saturated carbocycles. The maximum absolute atomic E-state index is 12.4. The summed E-state index contributed by atoms with van der Waals surface area (Å²) in [5, 5.41) is 5.48. The molecule has 30 heavy (non-hydrogen) atoms. The molecule has 0 saturated heterocycles. The Balaban J connectivity index is 1.57. The van der Waals surface area contributed by atoms with E-state index in [0.29, 0.717) is 22.0 Å². The average molecular weight is 466 g/mol. The van der Waals surface area contributed by atoms with Crippen LogP contribution < -0.4 is 15.4 Å².